The zero-order chi connectivity index (χ0) is 13.3. The van der Waals surface area contributed by atoms with Crippen LogP contribution in [0.25, 0.3) is 0 Å². The Hall–Kier alpha value is -1.74. The molecule has 18 heavy (non-hydrogen) atoms. The summed E-state index contributed by atoms with van der Waals surface area (Å²) in [5.41, 5.74) is 1.07. The van der Waals surface area contributed by atoms with E-state index < -0.39 is 17.4 Å². The van der Waals surface area contributed by atoms with E-state index in [9.17, 15) is 13.6 Å². The molecule has 92 valence electrons. The molecular weight excluding hydrogens is 258 g/mol. The maximum Gasteiger partial charge on any atom is 0.193 e. The maximum absolute atomic E-state index is 13.0. The van der Waals surface area contributed by atoms with Crippen LogP contribution in [0, 0.1) is 18.6 Å². The monoisotopic (exact) mass is 266 g/mol. The summed E-state index contributed by atoms with van der Waals surface area (Å²) in [6, 6.07) is 7.45. The van der Waals surface area contributed by atoms with Gasteiger partial charge in [0.1, 0.15) is 11.6 Å². The third-order valence-electron chi connectivity index (χ3n) is 2.54. The van der Waals surface area contributed by atoms with E-state index in [0.717, 1.165) is 23.8 Å². The summed E-state index contributed by atoms with van der Waals surface area (Å²) in [5.74, 6) is -1.98. The average molecular weight is 267 g/mol. The van der Waals surface area contributed by atoms with Crippen molar-refractivity contribution in [2.45, 2.75) is 6.92 Å². The third kappa shape index (κ3) is 2.57. The zero-order valence-corrected chi connectivity index (χ0v) is 10.3. The molecule has 0 saturated carbocycles. The molecule has 0 amide bonds. The van der Waals surface area contributed by atoms with Gasteiger partial charge in [-0.05, 0) is 42.8 Å². The summed E-state index contributed by atoms with van der Waals surface area (Å²) in [6.45, 7) is 1.76. The predicted molar refractivity (Wildman–Crippen MR) is 66.0 cm³/mol. The molecule has 0 radical (unpaired) electrons. The Labute approximate surface area is 108 Å². The largest absolute Gasteiger partial charge is 0.289 e. The molecule has 0 aromatic heterocycles. The second kappa shape index (κ2) is 4.86. The highest BCUT2D eigenvalue weighted by Crippen LogP contribution is 2.19. The van der Waals surface area contributed by atoms with Crippen LogP contribution in [0.5, 0.6) is 0 Å². The van der Waals surface area contributed by atoms with Crippen LogP contribution in [0.4, 0.5) is 8.78 Å². The summed E-state index contributed by atoms with van der Waals surface area (Å²) in [7, 11) is 0. The van der Waals surface area contributed by atoms with Gasteiger partial charge in [0.25, 0.3) is 0 Å². The fourth-order valence-electron chi connectivity index (χ4n) is 1.64. The van der Waals surface area contributed by atoms with Crippen LogP contribution in [0.15, 0.2) is 36.4 Å². The van der Waals surface area contributed by atoms with Crippen LogP contribution in [0.1, 0.15) is 21.5 Å². The molecule has 2 rings (SSSR count). The first-order valence-corrected chi connectivity index (χ1v) is 5.62. The molecule has 0 unspecified atom stereocenters. The van der Waals surface area contributed by atoms with Gasteiger partial charge < -0.3 is 0 Å². The van der Waals surface area contributed by atoms with Crippen LogP contribution in [-0.2, 0) is 0 Å². The molecule has 0 heterocycles. The first-order chi connectivity index (χ1) is 8.47. The Morgan fingerprint density at radius 3 is 2.17 bits per heavy atom. The summed E-state index contributed by atoms with van der Waals surface area (Å²) in [4.78, 5) is 12.0. The molecule has 0 bridgehead atoms. The minimum atomic E-state index is -0.774. The molecule has 1 nitrogen and oxygen atoms in total. The summed E-state index contributed by atoms with van der Waals surface area (Å²) < 4.78 is 26.1. The first-order valence-electron chi connectivity index (χ1n) is 5.24. The molecule has 0 aliphatic rings. The Morgan fingerprint density at radius 1 is 1.00 bits per heavy atom. The number of carbonyl (C=O) groups excluding carboxylic acids is 1. The van der Waals surface area contributed by atoms with Gasteiger partial charge in [-0.2, -0.15) is 0 Å². The van der Waals surface area contributed by atoms with Crippen molar-refractivity contribution < 1.29 is 13.6 Å². The van der Waals surface area contributed by atoms with Crippen molar-refractivity contribution >= 4 is 17.4 Å². The van der Waals surface area contributed by atoms with E-state index >= 15 is 0 Å². The highest BCUT2D eigenvalue weighted by atomic mass is 35.5. The quantitative estimate of drug-likeness (QED) is 0.746. The van der Waals surface area contributed by atoms with Gasteiger partial charge in [0, 0.05) is 22.2 Å². The van der Waals surface area contributed by atoms with E-state index in [1.54, 1.807) is 19.1 Å². The van der Waals surface area contributed by atoms with Gasteiger partial charge in [-0.3, -0.25) is 4.79 Å². The molecule has 0 fully saturated rings. The van der Waals surface area contributed by atoms with Crippen molar-refractivity contribution in [3.63, 3.8) is 0 Å². The van der Waals surface area contributed by atoms with Crippen molar-refractivity contribution in [1.82, 2.24) is 0 Å². The highest BCUT2D eigenvalue weighted by molar-refractivity contribution is 6.31. The van der Waals surface area contributed by atoms with Gasteiger partial charge in [-0.1, -0.05) is 11.6 Å². The van der Waals surface area contributed by atoms with E-state index in [1.807, 2.05) is 0 Å². The van der Waals surface area contributed by atoms with Crippen molar-refractivity contribution in [2.75, 3.05) is 0 Å². The van der Waals surface area contributed by atoms with Gasteiger partial charge in [0.15, 0.2) is 5.78 Å². The van der Waals surface area contributed by atoms with Gasteiger partial charge in [-0.25, -0.2) is 8.78 Å². The Morgan fingerprint density at radius 2 is 1.61 bits per heavy atom. The smallest absolute Gasteiger partial charge is 0.193 e. The van der Waals surface area contributed by atoms with Crippen LogP contribution in [0.2, 0.25) is 5.02 Å². The third-order valence-corrected chi connectivity index (χ3v) is 2.97. The van der Waals surface area contributed by atoms with E-state index in [0.29, 0.717) is 10.6 Å². The predicted octanol–water partition coefficient (Wildman–Crippen LogP) is 4.16. The lowest BCUT2D eigenvalue weighted by Crippen LogP contribution is -2.03. The zero-order valence-electron chi connectivity index (χ0n) is 9.51. The van der Waals surface area contributed by atoms with E-state index in [1.165, 1.54) is 6.07 Å². The van der Waals surface area contributed by atoms with Gasteiger partial charge in [0.2, 0.25) is 0 Å². The van der Waals surface area contributed by atoms with Crippen LogP contribution >= 0.6 is 11.6 Å². The lowest BCUT2D eigenvalue weighted by Gasteiger charge is -2.04. The second-order valence-corrected chi connectivity index (χ2v) is 4.36. The normalized spacial score (nSPS) is 10.4. The van der Waals surface area contributed by atoms with Crippen molar-refractivity contribution in [2.24, 2.45) is 0 Å². The van der Waals surface area contributed by atoms with Gasteiger partial charge >= 0.3 is 0 Å². The average Bonchev–Trinajstić information content (AvgIpc) is 2.30. The number of halogens is 3. The summed E-state index contributed by atoms with van der Waals surface area (Å²) in [5, 5.41) is 0.539. The lowest BCUT2D eigenvalue weighted by molar-refractivity contribution is 0.103. The van der Waals surface area contributed by atoms with E-state index in [2.05, 4.69) is 0 Å². The van der Waals surface area contributed by atoms with Crippen LogP contribution in [-0.4, -0.2) is 5.78 Å². The number of aryl methyl sites for hydroxylation is 1. The number of carbonyl (C=O) groups is 1. The number of benzene rings is 2. The number of rotatable bonds is 2. The fraction of sp³-hybridized carbons (Fsp3) is 0.0714. The summed E-state index contributed by atoms with van der Waals surface area (Å²) >= 11 is 5.85. The number of hydrogen-bond acceptors (Lipinski definition) is 1. The topological polar surface area (TPSA) is 17.1 Å². The molecule has 2 aromatic rings. The Balaban J connectivity index is 2.44. The molecule has 2 aromatic carbocycles. The number of hydrogen-bond donors (Lipinski definition) is 0. The minimum absolute atomic E-state index is 0.0192. The van der Waals surface area contributed by atoms with Crippen molar-refractivity contribution in [1.29, 1.82) is 0 Å². The molecule has 0 N–H and O–H groups in total. The van der Waals surface area contributed by atoms with E-state index in [4.69, 9.17) is 11.6 Å². The Bertz CT molecular complexity index is 603. The SMILES string of the molecule is Cc1cc(C(=O)c2cc(F)cc(F)c2)ccc1Cl. The molecular formula is C14H9ClF2O. The Kier molecular flexibility index (Phi) is 3.43. The van der Waals surface area contributed by atoms with Gasteiger partial charge in [0.05, 0.1) is 0 Å². The van der Waals surface area contributed by atoms with Crippen LogP contribution < -0.4 is 0 Å². The molecule has 0 aliphatic heterocycles. The van der Waals surface area contributed by atoms with Crippen LogP contribution in [0.3, 0.4) is 0 Å². The molecule has 0 aliphatic carbocycles. The number of ketones is 1. The van der Waals surface area contributed by atoms with Gasteiger partial charge in [-0.15, -0.1) is 0 Å². The summed E-state index contributed by atoms with van der Waals surface area (Å²) in [6.07, 6.45) is 0. The molecule has 4 heteroatoms. The first kappa shape index (κ1) is 12.7. The molecule has 0 saturated heterocycles. The minimum Gasteiger partial charge on any atom is -0.289 e. The highest BCUT2D eigenvalue weighted by Gasteiger charge is 2.12. The fourth-order valence-corrected chi connectivity index (χ4v) is 1.76. The molecule has 0 spiro atoms. The second-order valence-electron chi connectivity index (χ2n) is 3.95. The maximum atomic E-state index is 13.0. The van der Waals surface area contributed by atoms with Crippen molar-refractivity contribution in [3.05, 3.63) is 69.7 Å². The standard InChI is InChI=1S/C14H9ClF2O/c1-8-4-9(2-3-13(8)15)14(18)10-5-11(16)7-12(17)6-10/h2-7H,1H3. The molecule has 0 atom stereocenters. The lowest BCUT2D eigenvalue weighted by atomic mass is 10.0. The van der Waals surface area contributed by atoms with Crippen molar-refractivity contribution in [3.8, 4) is 0 Å². The van der Waals surface area contributed by atoms with E-state index in [-0.39, 0.29) is 5.56 Å².